The zero-order chi connectivity index (χ0) is 17.5. The molecule has 1 amide bonds. The molecule has 0 aliphatic carbocycles. The first-order chi connectivity index (χ1) is 11.5. The molecule has 1 atom stereocenters. The van der Waals surface area contributed by atoms with E-state index in [9.17, 15) is 14.4 Å². The van der Waals surface area contributed by atoms with Gasteiger partial charge in [-0.25, -0.2) is 4.79 Å². The molecule has 0 bridgehead atoms. The summed E-state index contributed by atoms with van der Waals surface area (Å²) in [5, 5.41) is 4.46. The number of amides is 1. The Kier molecular flexibility index (Phi) is 6.26. The fourth-order valence-electron chi connectivity index (χ4n) is 2.05. The molecule has 1 aromatic heterocycles. The lowest BCUT2D eigenvalue weighted by atomic mass is 10.0. The minimum absolute atomic E-state index is 0.159. The summed E-state index contributed by atoms with van der Waals surface area (Å²) in [4.78, 5) is 36.9. The van der Waals surface area contributed by atoms with E-state index in [0.717, 1.165) is 0 Å². The Morgan fingerprint density at radius 1 is 1.08 bits per heavy atom. The van der Waals surface area contributed by atoms with Crippen LogP contribution in [0.5, 0.6) is 0 Å². The maximum absolute atomic E-state index is 12.2. The number of Topliss-reactive ketones (excluding diaryl/α,β-unsaturated/α-hetero) is 1. The molecule has 126 valence electrons. The molecule has 0 fully saturated rings. The molecule has 0 saturated carbocycles. The first-order valence-electron chi connectivity index (χ1n) is 7.58. The van der Waals surface area contributed by atoms with Crippen molar-refractivity contribution in [1.29, 1.82) is 0 Å². The van der Waals surface area contributed by atoms with E-state index in [1.54, 1.807) is 61.7 Å². The van der Waals surface area contributed by atoms with Crippen molar-refractivity contribution < 1.29 is 19.1 Å². The highest BCUT2D eigenvalue weighted by Crippen LogP contribution is 2.11. The van der Waals surface area contributed by atoms with E-state index in [0.29, 0.717) is 10.4 Å². The van der Waals surface area contributed by atoms with E-state index in [2.05, 4.69) is 5.32 Å². The smallest absolute Gasteiger partial charge is 0.329 e. The number of esters is 1. The van der Waals surface area contributed by atoms with Gasteiger partial charge >= 0.3 is 5.97 Å². The highest BCUT2D eigenvalue weighted by atomic mass is 32.1. The third-order valence-electron chi connectivity index (χ3n) is 3.39. The Morgan fingerprint density at radius 2 is 1.79 bits per heavy atom. The summed E-state index contributed by atoms with van der Waals surface area (Å²) >= 11 is 1.29. The second-order valence-corrected chi connectivity index (χ2v) is 6.52. The highest BCUT2D eigenvalue weighted by molar-refractivity contribution is 7.12. The first-order valence-corrected chi connectivity index (χ1v) is 8.46. The lowest BCUT2D eigenvalue weighted by Crippen LogP contribution is -2.45. The van der Waals surface area contributed by atoms with E-state index < -0.39 is 12.0 Å². The van der Waals surface area contributed by atoms with E-state index >= 15 is 0 Å². The van der Waals surface area contributed by atoms with Crippen LogP contribution in [-0.2, 0) is 9.53 Å². The number of rotatable bonds is 7. The van der Waals surface area contributed by atoms with Crippen LogP contribution in [0.15, 0.2) is 47.8 Å². The largest absolute Gasteiger partial charge is 0.456 e. The molecule has 0 aliphatic rings. The van der Waals surface area contributed by atoms with Crippen molar-refractivity contribution in [2.24, 2.45) is 5.92 Å². The quantitative estimate of drug-likeness (QED) is 0.618. The summed E-state index contributed by atoms with van der Waals surface area (Å²) in [6.07, 6.45) is 0. The van der Waals surface area contributed by atoms with Crippen LogP contribution in [-0.4, -0.2) is 30.3 Å². The van der Waals surface area contributed by atoms with Gasteiger partial charge in [0.15, 0.2) is 12.4 Å². The van der Waals surface area contributed by atoms with Gasteiger partial charge in [0.1, 0.15) is 6.04 Å². The zero-order valence-electron chi connectivity index (χ0n) is 13.5. The zero-order valence-corrected chi connectivity index (χ0v) is 14.3. The minimum atomic E-state index is -0.803. The molecule has 1 aromatic carbocycles. The second kappa shape index (κ2) is 8.40. The second-order valence-electron chi connectivity index (χ2n) is 5.57. The Balaban J connectivity index is 1.94. The summed E-state index contributed by atoms with van der Waals surface area (Å²) in [6, 6.07) is 11.3. The van der Waals surface area contributed by atoms with Crippen LogP contribution in [0.1, 0.15) is 33.9 Å². The molecule has 0 radical (unpaired) electrons. The van der Waals surface area contributed by atoms with Crippen molar-refractivity contribution in [3.05, 3.63) is 58.3 Å². The maximum Gasteiger partial charge on any atom is 0.329 e. The molecule has 1 N–H and O–H groups in total. The molecule has 0 unspecified atom stereocenters. The van der Waals surface area contributed by atoms with E-state index in [4.69, 9.17) is 4.74 Å². The van der Waals surface area contributed by atoms with Crippen LogP contribution in [0.4, 0.5) is 0 Å². The number of nitrogens with one attached hydrogen (secondary N) is 1. The normalized spacial score (nSPS) is 11.8. The predicted molar refractivity (Wildman–Crippen MR) is 92.1 cm³/mol. The molecule has 0 aliphatic heterocycles. The summed E-state index contributed by atoms with van der Waals surface area (Å²) in [7, 11) is 0. The van der Waals surface area contributed by atoms with Crippen LogP contribution in [0, 0.1) is 5.92 Å². The number of thiophene rings is 1. The third kappa shape index (κ3) is 4.76. The van der Waals surface area contributed by atoms with Gasteiger partial charge in [-0.2, -0.15) is 0 Å². The lowest BCUT2D eigenvalue weighted by Gasteiger charge is -2.20. The fraction of sp³-hybridized carbons (Fsp3) is 0.278. The van der Waals surface area contributed by atoms with Crippen molar-refractivity contribution in [3.63, 3.8) is 0 Å². The van der Waals surface area contributed by atoms with E-state index in [-0.39, 0.29) is 24.2 Å². The van der Waals surface area contributed by atoms with Crippen molar-refractivity contribution in [2.45, 2.75) is 19.9 Å². The molecule has 6 heteroatoms. The fourth-order valence-corrected chi connectivity index (χ4v) is 2.68. The first kappa shape index (κ1) is 17.9. The van der Waals surface area contributed by atoms with E-state index in [1.807, 2.05) is 0 Å². The molecule has 0 spiro atoms. The molecule has 0 saturated heterocycles. The molecular formula is C18H19NO4S. The Morgan fingerprint density at radius 3 is 2.38 bits per heavy atom. The third-order valence-corrected chi connectivity index (χ3v) is 4.26. The van der Waals surface area contributed by atoms with Crippen molar-refractivity contribution in [2.75, 3.05) is 6.61 Å². The van der Waals surface area contributed by atoms with Gasteiger partial charge in [0.25, 0.3) is 5.91 Å². The van der Waals surface area contributed by atoms with Crippen molar-refractivity contribution in [1.82, 2.24) is 5.32 Å². The topological polar surface area (TPSA) is 72.5 Å². The lowest BCUT2D eigenvalue weighted by molar-refractivity contribution is -0.145. The van der Waals surface area contributed by atoms with E-state index in [1.165, 1.54) is 11.3 Å². The number of carbonyl (C=O) groups is 3. The van der Waals surface area contributed by atoms with Gasteiger partial charge in [-0.1, -0.05) is 50.2 Å². The number of hydrogen-bond donors (Lipinski definition) is 1. The van der Waals surface area contributed by atoms with Gasteiger partial charge in [0.05, 0.1) is 4.88 Å². The van der Waals surface area contributed by atoms with Crippen LogP contribution >= 0.6 is 11.3 Å². The van der Waals surface area contributed by atoms with Gasteiger partial charge in [-0.3, -0.25) is 9.59 Å². The monoisotopic (exact) mass is 345 g/mol. The standard InChI is InChI=1S/C18H19NO4S/c1-12(2)16(19-17(21)15-9-6-10-24-15)18(22)23-11-14(20)13-7-4-3-5-8-13/h3-10,12,16H,11H2,1-2H3,(H,19,21)/t16-/m0/s1. The van der Waals surface area contributed by atoms with Crippen LogP contribution in [0.3, 0.4) is 0 Å². The molecule has 2 aromatic rings. The molecule has 2 rings (SSSR count). The SMILES string of the molecule is CC(C)[C@H](NC(=O)c1cccs1)C(=O)OCC(=O)c1ccccc1. The number of benzene rings is 1. The van der Waals surface area contributed by atoms with Crippen LogP contribution < -0.4 is 5.32 Å². The Bertz CT molecular complexity index is 695. The maximum atomic E-state index is 12.2. The molecule has 5 nitrogen and oxygen atoms in total. The highest BCUT2D eigenvalue weighted by Gasteiger charge is 2.27. The predicted octanol–water partition coefficient (Wildman–Crippen LogP) is 2.93. The Hall–Kier alpha value is -2.47. The molecular weight excluding hydrogens is 326 g/mol. The Labute approximate surface area is 144 Å². The van der Waals surface area contributed by atoms with Gasteiger partial charge in [-0.15, -0.1) is 11.3 Å². The average molecular weight is 345 g/mol. The number of ether oxygens (including phenoxy) is 1. The van der Waals surface area contributed by atoms with Crippen LogP contribution in [0.25, 0.3) is 0 Å². The summed E-state index contributed by atoms with van der Waals surface area (Å²) in [5.41, 5.74) is 0.481. The van der Waals surface area contributed by atoms with Crippen molar-refractivity contribution in [3.8, 4) is 0 Å². The van der Waals surface area contributed by atoms with Gasteiger partial charge in [-0.05, 0) is 17.4 Å². The summed E-state index contributed by atoms with van der Waals surface area (Å²) < 4.78 is 5.10. The van der Waals surface area contributed by atoms with Crippen LogP contribution in [0.2, 0.25) is 0 Å². The number of ketones is 1. The van der Waals surface area contributed by atoms with Gasteiger partial charge in [0, 0.05) is 5.56 Å². The summed E-state index contributed by atoms with van der Waals surface area (Å²) in [6.45, 7) is 3.26. The average Bonchev–Trinajstić information content (AvgIpc) is 3.12. The summed E-state index contributed by atoms with van der Waals surface area (Å²) in [5.74, 6) is -1.38. The molecule has 24 heavy (non-hydrogen) atoms. The van der Waals surface area contributed by atoms with Gasteiger partial charge in [0.2, 0.25) is 0 Å². The number of hydrogen-bond acceptors (Lipinski definition) is 5. The van der Waals surface area contributed by atoms with Gasteiger partial charge < -0.3 is 10.1 Å². The number of carbonyl (C=O) groups excluding carboxylic acids is 3. The molecule has 1 heterocycles. The van der Waals surface area contributed by atoms with Crippen molar-refractivity contribution >= 4 is 29.0 Å². The minimum Gasteiger partial charge on any atom is -0.456 e.